The van der Waals surface area contributed by atoms with E-state index >= 15 is 0 Å². The Morgan fingerprint density at radius 1 is 1.14 bits per heavy atom. The third-order valence-electron chi connectivity index (χ3n) is 4.82. The van der Waals surface area contributed by atoms with Gasteiger partial charge in [0.2, 0.25) is 11.8 Å². The lowest BCUT2D eigenvalue weighted by Crippen LogP contribution is -2.48. The maximum absolute atomic E-state index is 12.7. The van der Waals surface area contributed by atoms with E-state index in [9.17, 15) is 27.6 Å². The molecule has 0 saturated carbocycles. The molecule has 6 nitrogen and oxygen atoms in total. The predicted molar refractivity (Wildman–Crippen MR) is 96.1 cm³/mol. The number of likely N-dealkylation sites (tertiary alicyclic amines) is 1. The van der Waals surface area contributed by atoms with Gasteiger partial charge in [-0.1, -0.05) is 0 Å². The molecule has 0 atom stereocenters. The van der Waals surface area contributed by atoms with E-state index in [1.54, 1.807) is 13.8 Å². The molecule has 1 saturated heterocycles. The second-order valence-corrected chi connectivity index (χ2v) is 7.17. The van der Waals surface area contributed by atoms with Crippen LogP contribution in [0.3, 0.4) is 0 Å². The number of alkyl halides is 3. The molecule has 0 spiro atoms. The first kappa shape index (κ1) is 21.7. The Kier molecular flexibility index (Phi) is 6.69. The topological polar surface area (TPSA) is 83.7 Å². The van der Waals surface area contributed by atoms with E-state index in [1.807, 2.05) is 0 Å². The molecule has 9 heteroatoms. The fourth-order valence-electron chi connectivity index (χ4n) is 3.23. The molecule has 0 aromatic heterocycles. The van der Waals surface area contributed by atoms with Gasteiger partial charge in [-0.2, -0.15) is 13.2 Å². The molecule has 0 aliphatic carbocycles. The van der Waals surface area contributed by atoms with Crippen molar-refractivity contribution >= 4 is 17.7 Å². The van der Waals surface area contributed by atoms with Gasteiger partial charge in [-0.3, -0.25) is 14.4 Å². The van der Waals surface area contributed by atoms with E-state index in [0.29, 0.717) is 25.9 Å². The molecule has 1 fully saturated rings. The Hall–Kier alpha value is -2.58. The van der Waals surface area contributed by atoms with Gasteiger partial charge in [0.15, 0.2) is 0 Å². The number of nitrogens with zero attached hydrogens (tertiary/aromatic N) is 2. The fourth-order valence-corrected chi connectivity index (χ4v) is 3.23. The second-order valence-electron chi connectivity index (χ2n) is 7.17. The average Bonchev–Trinajstić information content (AvgIpc) is 2.64. The number of hydrogen-bond acceptors (Lipinski definition) is 3. The summed E-state index contributed by atoms with van der Waals surface area (Å²) in [5.74, 6) is -1.44. The molecule has 1 aliphatic heterocycles. The lowest BCUT2D eigenvalue weighted by Gasteiger charge is -2.35. The highest BCUT2D eigenvalue weighted by Gasteiger charge is 2.33. The fraction of sp³-hybridized carbons (Fsp3) is 0.526. The van der Waals surface area contributed by atoms with Crippen LogP contribution in [0.15, 0.2) is 24.3 Å². The van der Waals surface area contributed by atoms with E-state index < -0.39 is 17.6 Å². The molecule has 0 unspecified atom stereocenters. The van der Waals surface area contributed by atoms with E-state index in [2.05, 4.69) is 0 Å². The number of amides is 3. The number of benzene rings is 1. The van der Waals surface area contributed by atoms with Crippen LogP contribution in [0.25, 0.3) is 0 Å². The Balaban J connectivity index is 1.98. The van der Waals surface area contributed by atoms with E-state index in [1.165, 1.54) is 9.80 Å². The van der Waals surface area contributed by atoms with Crippen molar-refractivity contribution < 1.29 is 27.6 Å². The summed E-state index contributed by atoms with van der Waals surface area (Å²) in [6.45, 7) is 4.08. The van der Waals surface area contributed by atoms with Gasteiger partial charge in [-0.25, -0.2) is 0 Å². The molecular formula is C19H24F3N3O3. The van der Waals surface area contributed by atoms with Gasteiger partial charge in [0.25, 0.3) is 5.91 Å². The summed E-state index contributed by atoms with van der Waals surface area (Å²) in [6.07, 6.45) is -3.60. The van der Waals surface area contributed by atoms with Crippen molar-refractivity contribution in [2.75, 3.05) is 19.6 Å². The van der Waals surface area contributed by atoms with Crippen LogP contribution in [-0.4, -0.2) is 53.2 Å². The standard InChI is InChI=1S/C19H24F3N3O3/c1-12(2)25(11-16(23)26)18(28)14-7-9-24(10-8-14)17(27)13-3-5-15(6-4-13)19(20,21)22/h3-6,12,14H,7-11H2,1-2H3,(H2,23,26). The van der Waals surface area contributed by atoms with Crippen molar-refractivity contribution in [3.63, 3.8) is 0 Å². The van der Waals surface area contributed by atoms with Crippen LogP contribution >= 0.6 is 0 Å². The molecule has 2 N–H and O–H groups in total. The maximum Gasteiger partial charge on any atom is 0.416 e. The minimum Gasteiger partial charge on any atom is -0.368 e. The third-order valence-corrected chi connectivity index (χ3v) is 4.82. The average molecular weight is 399 g/mol. The number of carbonyl (C=O) groups excluding carboxylic acids is 3. The quantitative estimate of drug-likeness (QED) is 0.825. The van der Waals surface area contributed by atoms with Crippen LogP contribution in [0.4, 0.5) is 13.2 Å². The summed E-state index contributed by atoms with van der Waals surface area (Å²) in [4.78, 5) is 39.3. The van der Waals surface area contributed by atoms with Gasteiger partial charge in [0.1, 0.15) is 0 Å². The van der Waals surface area contributed by atoms with Gasteiger partial charge in [-0.15, -0.1) is 0 Å². The van der Waals surface area contributed by atoms with Crippen molar-refractivity contribution in [1.82, 2.24) is 9.80 Å². The monoisotopic (exact) mass is 399 g/mol. The summed E-state index contributed by atoms with van der Waals surface area (Å²) < 4.78 is 37.9. The zero-order valence-corrected chi connectivity index (χ0v) is 15.8. The minimum absolute atomic E-state index is 0.152. The van der Waals surface area contributed by atoms with Gasteiger partial charge >= 0.3 is 6.18 Å². The van der Waals surface area contributed by atoms with Crippen molar-refractivity contribution in [2.45, 2.75) is 38.9 Å². The Morgan fingerprint density at radius 2 is 1.68 bits per heavy atom. The van der Waals surface area contributed by atoms with E-state index in [-0.39, 0.29) is 35.9 Å². The number of piperidine rings is 1. The maximum atomic E-state index is 12.7. The molecule has 1 aromatic rings. The van der Waals surface area contributed by atoms with Crippen molar-refractivity contribution in [1.29, 1.82) is 0 Å². The summed E-state index contributed by atoms with van der Waals surface area (Å²) in [6, 6.07) is 3.92. The molecule has 0 bridgehead atoms. The SMILES string of the molecule is CC(C)N(CC(N)=O)C(=O)C1CCN(C(=O)c2ccc(C(F)(F)F)cc2)CC1. The normalized spacial score (nSPS) is 15.6. The van der Waals surface area contributed by atoms with Crippen molar-refractivity contribution in [2.24, 2.45) is 11.7 Å². The summed E-state index contributed by atoms with van der Waals surface area (Å²) in [5.41, 5.74) is 4.57. The summed E-state index contributed by atoms with van der Waals surface area (Å²) in [5, 5.41) is 0. The number of nitrogens with two attached hydrogens (primary N) is 1. The lowest BCUT2D eigenvalue weighted by molar-refractivity contribution is -0.141. The van der Waals surface area contributed by atoms with Gasteiger partial charge in [0.05, 0.1) is 12.1 Å². The van der Waals surface area contributed by atoms with Crippen LogP contribution in [0.2, 0.25) is 0 Å². The molecule has 1 heterocycles. The third kappa shape index (κ3) is 5.24. The highest BCUT2D eigenvalue weighted by atomic mass is 19.4. The predicted octanol–water partition coefficient (Wildman–Crippen LogP) is 2.28. The number of halogens is 3. The minimum atomic E-state index is -4.45. The van der Waals surface area contributed by atoms with Crippen LogP contribution in [0.5, 0.6) is 0 Å². The van der Waals surface area contributed by atoms with Gasteiger partial charge in [0, 0.05) is 30.6 Å². The van der Waals surface area contributed by atoms with Crippen molar-refractivity contribution in [3.8, 4) is 0 Å². The molecule has 1 aromatic carbocycles. The van der Waals surface area contributed by atoms with Crippen LogP contribution < -0.4 is 5.73 Å². The van der Waals surface area contributed by atoms with Gasteiger partial charge < -0.3 is 15.5 Å². The number of rotatable bonds is 5. The second kappa shape index (κ2) is 8.62. The summed E-state index contributed by atoms with van der Waals surface area (Å²) in [7, 11) is 0. The van der Waals surface area contributed by atoms with Gasteiger partial charge in [-0.05, 0) is 51.0 Å². The van der Waals surface area contributed by atoms with Crippen molar-refractivity contribution in [3.05, 3.63) is 35.4 Å². The molecule has 0 radical (unpaired) electrons. The Bertz CT molecular complexity index is 724. The number of carbonyl (C=O) groups is 3. The molecule has 3 amide bonds. The van der Waals surface area contributed by atoms with Crippen LogP contribution in [0, 0.1) is 5.92 Å². The summed E-state index contributed by atoms with van der Waals surface area (Å²) >= 11 is 0. The zero-order chi connectivity index (χ0) is 21.1. The Labute approximate surface area is 161 Å². The Morgan fingerprint density at radius 3 is 2.11 bits per heavy atom. The number of primary amides is 1. The first-order valence-corrected chi connectivity index (χ1v) is 9.06. The van der Waals surface area contributed by atoms with E-state index in [0.717, 1.165) is 24.3 Å². The largest absolute Gasteiger partial charge is 0.416 e. The first-order chi connectivity index (χ1) is 13.0. The molecule has 1 aliphatic rings. The lowest BCUT2D eigenvalue weighted by atomic mass is 9.94. The molecular weight excluding hydrogens is 375 g/mol. The number of hydrogen-bond donors (Lipinski definition) is 1. The van der Waals surface area contributed by atoms with Crippen LogP contribution in [0.1, 0.15) is 42.6 Å². The first-order valence-electron chi connectivity index (χ1n) is 9.06. The highest BCUT2D eigenvalue weighted by molar-refractivity contribution is 5.94. The molecule has 2 rings (SSSR count). The highest BCUT2D eigenvalue weighted by Crippen LogP contribution is 2.29. The zero-order valence-electron chi connectivity index (χ0n) is 15.8. The van der Waals surface area contributed by atoms with Crippen LogP contribution in [-0.2, 0) is 15.8 Å². The smallest absolute Gasteiger partial charge is 0.368 e. The molecule has 28 heavy (non-hydrogen) atoms. The molecule has 154 valence electrons. The van der Waals surface area contributed by atoms with E-state index in [4.69, 9.17) is 5.73 Å².